The zero-order chi connectivity index (χ0) is 8.93. The Hall–Kier alpha value is -0.0451. The van der Waals surface area contributed by atoms with Crippen molar-refractivity contribution in [1.82, 2.24) is 0 Å². The van der Waals surface area contributed by atoms with E-state index in [1.54, 1.807) is 0 Å². The van der Waals surface area contributed by atoms with E-state index in [1.165, 1.54) is 0 Å². The molecule has 2 aliphatic rings. The highest BCUT2D eigenvalue weighted by Gasteiger charge is 2.59. The molecular formula is C9H14BFO. The summed E-state index contributed by atoms with van der Waals surface area (Å²) in [5, 5.41) is 0. The van der Waals surface area contributed by atoms with E-state index in [1.807, 2.05) is 6.92 Å². The maximum atomic E-state index is 13.4. The zero-order valence-corrected chi connectivity index (χ0v) is 7.59. The zero-order valence-electron chi connectivity index (χ0n) is 7.59. The van der Waals surface area contributed by atoms with Gasteiger partial charge in [-0.1, -0.05) is 13.8 Å². The van der Waals surface area contributed by atoms with Crippen LogP contribution in [0, 0.1) is 11.8 Å². The van der Waals surface area contributed by atoms with Gasteiger partial charge in [0.2, 0.25) is 0 Å². The molecule has 2 bridgehead atoms. The van der Waals surface area contributed by atoms with E-state index in [-0.39, 0.29) is 23.4 Å². The smallest absolute Gasteiger partial charge is 0.109 e. The number of ether oxygens (including phenoxy) is 1. The van der Waals surface area contributed by atoms with Gasteiger partial charge in [-0.3, -0.25) is 0 Å². The van der Waals surface area contributed by atoms with E-state index in [9.17, 15) is 4.39 Å². The molecule has 2 rings (SSSR count). The van der Waals surface area contributed by atoms with Gasteiger partial charge in [0.25, 0.3) is 0 Å². The molecule has 0 aromatic rings. The van der Waals surface area contributed by atoms with Crippen LogP contribution in [-0.2, 0) is 4.74 Å². The van der Waals surface area contributed by atoms with Crippen LogP contribution in [-0.4, -0.2) is 25.6 Å². The van der Waals surface area contributed by atoms with Crippen molar-refractivity contribution in [3.05, 3.63) is 0 Å². The fraction of sp³-hybridized carbons (Fsp3) is 1.00. The van der Waals surface area contributed by atoms with Crippen molar-refractivity contribution in [3.8, 4) is 0 Å². The number of alkyl halides is 1. The van der Waals surface area contributed by atoms with Crippen molar-refractivity contribution in [2.24, 2.45) is 11.8 Å². The summed E-state index contributed by atoms with van der Waals surface area (Å²) in [6, 6.07) is -0.372. The summed E-state index contributed by atoms with van der Waals surface area (Å²) in [7, 11) is 5.70. The highest BCUT2D eigenvalue weighted by Crippen LogP contribution is 2.54. The first-order valence-corrected chi connectivity index (χ1v) is 4.68. The van der Waals surface area contributed by atoms with E-state index in [0.717, 1.165) is 6.42 Å². The van der Waals surface area contributed by atoms with Crippen molar-refractivity contribution >= 4 is 7.85 Å². The second-order valence-electron chi connectivity index (χ2n) is 4.09. The summed E-state index contributed by atoms with van der Waals surface area (Å²) in [5.41, 5.74) is -0.247. The van der Waals surface area contributed by atoms with Gasteiger partial charge in [-0.15, -0.1) is 0 Å². The first-order chi connectivity index (χ1) is 5.60. The van der Waals surface area contributed by atoms with Crippen LogP contribution in [0.15, 0.2) is 0 Å². The monoisotopic (exact) mass is 168 g/mol. The highest BCUT2D eigenvalue weighted by atomic mass is 19.1. The molecule has 0 N–H and O–H groups in total. The molecule has 0 aromatic carbocycles. The van der Waals surface area contributed by atoms with Crippen LogP contribution in [0.25, 0.3) is 0 Å². The summed E-state index contributed by atoms with van der Waals surface area (Å²) < 4.78 is 19.0. The predicted molar refractivity (Wildman–Crippen MR) is 45.8 cm³/mol. The topological polar surface area (TPSA) is 9.23 Å². The van der Waals surface area contributed by atoms with E-state index in [2.05, 4.69) is 6.92 Å². The third-order valence-corrected chi connectivity index (χ3v) is 3.71. The Balaban J connectivity index is 2.28. The van der Waals surface area contributed by atoms with Crippen LogP contribution in [0.4, 0.5) is 4.39 Å². The summed E-state index contributed by atoms with van der Waals surface area (Å²) in [5.74, 6) is 0.220. The van der Waals surface area contributed by atoms with Crippen molar-refractivity contribution in [2.45, 2.75) is 44.5 Å². The highest BCUT2D eigenvalue weighted by molar-refractivity contribution is 6.11. The lowest BCUT2D eigenvalue weighted by atomic mass is 9.81. The predicted octanol–water partition coefficient (Wildman–Crippen LogP) is 1.65. The maximum Gasteiger partial charge on any atom is 0.109 e. The molecule has 3 heteroatoms. The van der Waals surface area contributed by atoms with E-state index in [4.69, 9.17) is 12.6 Å². The quantitative estimate of drug-likeness (QED) is 0.541. The first-order valence-electron chi connectivity index (χ1n) is 4.68. The number of hydrogen-bond donors (Lipinski definition) is 0. The average Bonchev–Trinajstić information content (AvgIpc) is 2.37. The van der Waals surface area contributed by atoms with Gasteiger partial charge >= 0.3 is 0 Å². The molecule has 66 valence electrons. The lowest BCUT2D eigenvalue weighted by molar-refractivity contribution is -0.0671. The van der Waals surface area contributed by atoms with Crippen molar-refractivity contribution in [3.63, 3.8) is 0 Å². The first kappa shape index (κ1) is 8.55. The Morgan fingerprint density at radius 2 is 2.33 bits per heavy atom. The summed E-state index contributed by atoms with van der Waals surface area (Å²) >= 11 is 0. The fourth-order valence-corrected chi connectivity index (χ4v) is 2.86. The average molecular weight is 168 g/mol. The third-order valence-electron chi connectivity index (χ3n) is 3.71. The fourth-order valence-electron chi connectivity index (χ4n) is 2.86. The van der Waals surface area contributed by atoms with Gasteiger partial charge in [-0.05, 0) is 12.3 Å². The Morgan fingerprint density at radius 3 is 2.67 bits per heavy atom. The molecule has 1 unspecified atom stereocenters. The van der Waals surface area contributed by atoms with Gasteiger partial charge < -0.3 is 4.74 Å². The maximum absolute atomic E-state index is 13.4. The summed E-state index contributed by atoms with van der Waals surface area (Å²) in [6.07, 6.45) is 0.672. The molecule has 0 amide bonds. The SMILES string of the molecule is [B][C@@H]1O[C@@]2(CC)C[C@@H](F)[C@H]1C2C. The van der Waals surface area contributed by atoms with Crippen LogP contribution in [0.3, 0.4) is 0 Å². The molecule has 1 aliphatic carbocycles. The summed E-state index contributed by atoms with van der Waals surface area (Å²) in [4.78, 5) is 0. The van der Waals surface area contributed by atoms with Crippen molar-refractivity contribution in [2.75, 3.05) is 0 Å². The van der Waals surface area contributed by atoms with Gasteiger partial charge in [0, 0.05) is 18.3 Å². The van der Waals surface area contributed by atoms with Crippen molar-refractivity contribution < 1.29 is 9.13 Å². The Morgan fingerprint density at radius 1 is 1.67 bits per heavy atom. The second kappa shape index (κ2) is 2.47. The Labute approximate surface area is 74.1 Å². The number of fused-ring (bicyclic) bond motifs is 2. The molecule has 12 heavy (non-hydrogen) atoms. The molecule has 2 fully saturated rings. The minimum atomic E-state index is -0.747. The van der Waals surface area contributed by atoms with Gasteiger partial charge in [0.05, 0.1) is 5.60 Å². The Kier molecular flexibility index (Phi) is 1.76. The van der Waals surface area contributed by atoms with E-state index in [0.29, 0.717) is 6.42 Å². The van der Waals surface area contributed by atoms with E-state index < -0.39 is 6.17 Å². The molecule has 2 radical (unpaired) electrons. The van der Waals surface area contributed by atoms with Crippen LogP contribution in [0.1, 0.15) is 26.7 Å². The minimum absolute atomic E-state index is 0.0649. The lowest BCUT2D eigenvalue weighted by Gasteiger charge is -2.31. The summed E-state index contributed by atoms with van der Waals surface area (Å²) in [6.45, 7) is 4.10. The normalized spacial score (nSPS) is 57.9. The standard InChI is InChI=1S/C9H14BFO/c1-3-9-4-6(11)7(5(9)2)8(10)12-9/h5-8H,3-4H2,1-2H3/t5?,6-,7-,8-,9+/m1/s1. The number of hydrogen-bond acceptors (Lipinski definition) is 1. The molecule has 0 aromatic heterocycles. The largest absolute Gasteiger partial charge is 0.381 e. The second-order valence-corrected chi connectivity index (χ2v) is 4.09. The molecule has 1 saturated heterocycles. The molecular weight excluding hydrogens is 154 g/mol. The minimum Gasteiger partial charge on any atom is -0.381 e. The Bertz CT molecular complexity index is 185. The number of halogens is 1. The van der Waals surface area contributed by atoms with Crippen LogP contribution in [0.2, 0.25) is 0 Å². The molecule has 1 heterocycles. The molecule has 1 nitrogen and oxygen atoms in total. The molecule has 0 spiro atoms. The number of rotatable bonds is 1. The molecule has 1 aliphatic heterocycles. The van der Waals surface area contributed by atoms with Crippen LogP contribution >= 0.6 is 0 Å². The molecule has 5 atom stereocenters. The van der Waals surface area contributed by atoms with Crippen LogP contribution < -0.4 is 0 Å². The lowest BCUT2D eigenvalue weighted by Crippen LogP contribution is -2.36. The van der Waals surface area contributed by atoms with Gasteiger partial charge in [0.1, 0.15) is 14.0 Å². The van der Waals surface area contributed by atoms with E-state index >= 15 is 0 Å². The van der Waals surface area contributed by atoms with Crippen molar-refractivity contribution in [1.29, 1.82) is 0 Å². The third kappa shape index (κ3) is 0.833. The van der Waals surface area contributed by atoms with Crippen LogP contribution in [0.5, 0.6) is 0 Å². The van der Waals surface area contributed by atoms with Gasteiger partial charge in [-0.25, -0.2) is 4.39 Å². The van der Waals surface area contributed by atoms with Gasteiger partial charge in [-0.2, -0.15) is 0 Å². The molecule has 1 saturated carbocycles. The van der Waals surface area contributed by atoms with Gasteiger partial charge in [0.15, 0.2) is 0 Å².